The number of aromatic nitrogens is 2. The number of aliphatic hydroxyl groups excluding tert-OH is 2. The third-order valence-corrected chi connectivity index (χ3v) is 7.36. The largest absolute Gasteiger partial charge is 0.490 e. The van der Waals surface area contributed by atoms with Crippen LogP contribution in [-0.4, -0.2) is 64.3 Å². The van der Waals surface area contributed by atoms with E-state index in [0.29, 0.717) is 0 Å². The van der Waals surface area contributed by atoms with E-state index in [1.807, 2.05) is 0 Å². The van der Waals surface area contributed by atoms with E-state index in [1.54, 1.807) is 0 Å². The maximum absolute atomic E-state index is 11.9. The van der Waals surface area contributed by atoms with E-state index in [4.69, 9.17) is 31.6 Å². The highest BCUT2D eigenvalue weighted by Crippen LogP contribution is 2.67. The van der Waals surface area contributed by atoms with Crippen LogP contribution in [0.4, 0.5) is 0 Å². The van der Waals surface area contributed by atoms with Gasteiger partial charge in [-0.25, -0.2) is 18.5 Å². The van der Waals surface area contributed by atoms with E-state index >= 15 is 0 Å². The molecule has 1 aliphatic rings. The second-order valence-corrected chi connectivity index (χ2v) is 10.2. The van der Waals surface area contributed by atoms with Crippen molar-refractivity contribution >= 4 is 35.7 Å². The van der Waals surface area contributed by atoms with Crippen LogP contribution >= 0.6 is 35.7 Å². The SMILES string of the molecule is O=c1[nH]c(=S)ccn1[C@@H]1O[C@H](CO)[C@@H](OP(=O)(O)OP(=O)(O)OP(=O)(O)O)[C@H]1O. The number of phosphoric ester groups is 1. The van der Waals surface area contributed by atoms with E-state index in [2.05, 4.69) is 18.1 Å². The molecule has 2 unspecified atom stereocenters. The van der Waals surface area contributed by atoms with Crippen molar-refractivity contribution < 1.29 is 61.4 Å². The number of hydrogen-bond donors (Lipinski definition) is 7. The Bertz CT molecular complexity index is 1000. The fourth-order valence-corrected chi connectivity index (χ4v) is 5.68. The normalized spacial score (nSPS) is 29.3. The molecule has 0 amide bonds. The Morgan fingerprint density at radius 1 is 1.17 bits per heavy atom. The van der Waals surface area contributed by atoms with Gasteiger partial charge in [0.1, 0.15) is 23.0 Å². The molecule has 20 heteroatoms. The van der Waals surface area contributed by atoms with Gasteiger partial charge in [0, 0.05) is 6.20 Å². The van der Waals surface area contributed by atoms with E-state index in [-0.39, 0.29) is 4.64 Å². The summed E-state index contributed by atoms with van der Waals surface area (Å²) in [4.78, 5) is 49.9. The van der Waals surface area contributed by atoms with Crippen molar-refractivity contribution in [2.45, 2.75) is 24.5 Å². The van der Waals surface area contributed by atoms with Crippen LogP contribution in [-0.2, 0) is 31.6 Å². The summed E-state index contributed by atoms with van der Waals surface area (Å²) in [6.07, 6.45) is -5.71. The first kappa shape index (κ1) is 24.7. The summed E-state index contributed by atoms with van der Waals surface area (Å²) >= 11 is 4.75. The smallest absolute Gasteiger partial charge is 0.394 e. The van der Waals surface area contributed by atoms with Crippen LogP contribution < -0.4 is 5.69 Å². The number of phosphoric acid groups is 3. The van der Waals surface area contributed by atoms with E-state index < -0.39 is 60.3 Å². The zero-order valence-electron chi connectivity index (χ0n) is 13.8. The van der Waals surface area contributed by atoms with Gasteiger partial charge in [-0.05, 0) is 6.07 Å². The average molecular weight is 500 g/mol. The zero-order valence-corrected chi connectivity index (χ0v) is 17.3. The van der Waals surface area contributed by atoms with E-state index in [1.165, 1.54) is 6.07 Å². The predicted molar refractivity (Wildman–Crippen MR) is 91.6 cm³/mol. The Hall–Kier alpha value is -0.610. The Labute approximate surface area is 165 Å². The second kappa shape index (κ2) is 8.86. The maximum Gasteiger partial charge on any atom is 0.490 e. The number of hydrogen-bond acceptors (Lipinski definition) is 11. The lowest BCUT2D eigenvalue weighted by Gasteiger charge is -2.23. The quantitative estimate of drug-likeness (QED) is 0.165. The third-order valence-electron chi connectivity index (χ3n) is 3.29. The number of H-pyrrole nitrogens is 1. The molecule has 0 aliphatic carbocycles. The average Bonchev–Trinajstić information content (AvgIpc) is 2.79. The first-order valence-electron chi connectivity index (χ1n) is 7.22. The van der Waals surface area contributed by atoms with E-state index in [9.17, 15) is 33.6 Å². The molecule has 1 fully saturated rings. The number of aliphatic hydroxyl groups is 2. The molecule has 1 aliphatic heterocycles. The molecule has 166 valence electrons. The highest BCUT2D eigenvalue weighted by molar-refractivity contribution is 7.71. The van der Waals surface area contributed by atoms with Gasteiger partial charge in [0.2, 0.25) is 0 Å². The Morgan fingerprint density at radius 2 is 1.79 bits per heavy atom. The molecular formula is C9H15N2O14P3S. The summed E-state index contributed by atoms with van der Waals surface area (Å²) in [5.41, 5.74) is -0.836. The number of ether oxygens (including phenoxy) is 1. The minimum atomic E-state index is -5.78. The maximum atomic E-state index is 11.9. The van der Waals surface area contributed by atoms with Gasteiger partial charge in [-0.2, -0.15) is 8.62 Å². The van der Waals surface area contributed by atoms with Gasteiger partial charge in [0.15, 0.2) is 6.23 Å². The van der Waals surface area contributed by atoms with Crippen LogP contribution in [0.3, 0.4) is 0 Å². The molecule has 2 rings (SSSR count). The van der Waals surface area contributed by atoms with Crippen LogP contribution in [0.25, 0.3) is 0 Å². The van der Waals surface area contributed by atoms with Crippen molar-refractivity contribution in [2.75, 3.05) is 6.61 Å². The van der Waals surface area contributed by atoms with Crippen LogP contribution in [0.15, 0.2) is 17.1 Å². The van der Waals surface area contributed by atoms with Crippen molar-refractivity contribution in [1.82, 2.24) is 9.55 Å². The first-order valence-corrected chi connectivity index (χ1v) is 12.2. The molecule has 6 atom stereocenters. The predicted octanol–water partition coefficient (Wildman–Crippen LogP) is -1.13. The lowest BCUT2D eigenvalue weighted by Crippen LogP contribution is -2.37. The van der Waals surface area contributed by atoms with Crippen molar-refractivity contribution in [3.63, 3.8) is 0 Å². The molecule has 7 N–H and O–H groups in total. The molecule has 0 bridgehead atoms. The number of nitrogens with one attached hydrogen (secondary N) is 1. The molecule has 0 aromatic carbocycles. The van der Waals surface area contributed by atoms with Gasteiger partial charge in [-0.1, -0.05) is 12.2 Å². The summed E-state index contributed by atoms with van der Waals surface area (Å²) in [5.74, 6) is 0. The van der Waals surface area contributed by atoms with Gasteiger partial charge < -0.3 is 34.5 Å². The zero-order chi connectivity index (χ0) is 22.2. The van der Waals surface area contributed by atoms with Crippen LogP contribution in [0, 0.1) is 4.64 Å². The molecule has 1 aromatic rings. The molecular weight excluding hydrogens is 485 g/mol. The minimum absolute atomic E-state index is 0.0576. The molecule has 0 radical (unpaired) electrons. The van der Waals surface area contributed by atoms with Crippen LogP contribution in [0.1, 0.15) is 6.23 Å². The topological polar surface area (TPSA) is 247 Å². The van der Waals surface area contributed by atoms with Gasteiger partial charge in [-0.3, -0.25) is 14.1 Å². The Balaban J connectivity index is 2.23. The standard InChI is InChI=1S/C9H15N2O14P3S/c12-3-4-7(23-27(18,19)25-28(20,21)24-26(15,16)17)6(13)8(22-4)11-2-1-5(29)10-9(11)14/h1-2,4,6-8,12-13H,3H2,(H,18,19)(H,20,21)(H,10,14,29)(H2,15,16,17)/t4-,6-,7-,8-/m1/s1. The number of rotatable bonds is 8. The first-order chi connectivity index (χ1) is 13.1. The summed E-state index contributed by atoms with van der Waals surface area (Å²) in [5, 5.41) is 19.7. The van der Waals surface area contributed by atoms with Gasteiger partial charge >= 0.3 is 29.2 Å². The van der Waals surface area contributed by atoms with Gasteiger partial charge in [-0.15, -0.1) is 0 Å². The molecule has 1 aromatic heterocycles. The molecule has 16 nitrogen and oxygen atoms in total. The molecule has 2 heterocycles. The number of aromatic amines is 1. The lowest BCUT2D eigenvalue weighted by molar-refractivity contribution is -0.0548. The highest BCUT2D eigenvalue weighted by Gasteiger charge is 2.51. The van der Waals surface area contributed by atoms with Crippen molar-refractivity contribution in [2.24, 2.45) is 0 Å². The summed E-state index contributed by atoms with van der Waals surface area (Å²) in [6, 6.07) is 1.26. The summed E-state index contributed by atoms with van der Waals surface area (Å²) in [6.45, 7) is -0.897. The Morgan fingerprint density at radius 3 is 2.31 bits per heavy atom. The van der Waals surface area contributed by atoms with Crippen molar-refractivity contribution in [3.05, 3.63) is 27.4 Å². The summed E-state index contributed by atoms with van der Waals surface area (Å²) < 4.78 is 51.6. The highest BCUT2D eigenvalue weighted by atomic mass is 32.1. The lowest BCUT2D eigenvalue weighted by atomic mass is 10.1. The fourth-order valence-electron chi connectivity index (χ4n) is 2.31. The number of nitrogens with zero attached hydrogens (tertiary/aromatic N) is 1. The fraction of sp³-hybridized carbons (Fsp3) is 0.556. The molecule has 29 heavy (non-hydrogen) atoms. The van der Waals surface area contributed by atoms with Gasteiger partial charge in [0.05, 0.1) is 6.61 Å². The third kappa shape index (κ3) is 6.69. The monoisotopic (exact) mass is 500 g/mol. The second-order valence-electron chi connectivity index (χ2n) is 5.42. The minimum Gasteiger partial charge on any atom is -0.394 e. The van der Waals surface area contributed by atoms with Gasteiger partial charge in [0.25, 0.3) is 0 Å². The Kier molecular flexibility index (Phi) is 7.54. The van der Waals surface area contributed by atoms with Crippen LogP contribution in [0.2, 0.25) is 0 Å². The van der Waals surface area contributed by atoms with Crippen molar-refractivity contribution in [3.8, 4) is 0 Å². The molecule has 0 saturated carbocycles. The van der Waals surface area contributed by atoms with Crippen LogP contribution in [0.5, 0.6) is 0 Å². The molecule has 1 saturated heterocycles. The summed E-state index contributed by atoms with van der Waals surface area (Å²) in [7, 11) is -17.0. The van der Waals surface area contributed by atoms with E-state index in [0.717, 1.165) is 10.8 Å². The van der Waals surface area contributed by atoms with Crippen molar-refractivity contribution in [1.29, 1.82) is 0 Å². The molecule has 0 spiro atoms.